The van der Waals surface area contributed by atoms with E-state index in [9.17, 15) is 15.2 Å². The number of hydrogen-bond donors (Lipinski definition) is 1. The van der Waals surface area contributed by atoms with Gasteiger partial charge in [0.15, 0.2) is 5.60 Å². The summed E-state index contributed by atoms with van der Waals surface area (Å²) in [4.78, 5) is 21.6. The van der Waals surface area contributed by atoms with Gasteiger partial charge in [0.1, 0.15) is 0 Å². The molecular weight excluding hydrogens is 454 g/mol. The molecule has 0 aliphatic carbocycles. The number of hydrogen-bond acceptors (Lipinski definition) is 6. The maximum Gasteiger partial charge on any atom is 0.251 e. The van der Waals surface area contributed by atoms with Gasteiger partial charge >= 0.3 is 0 Å². The second kappa shape index (κ2) is 8.80. The highest BCUT2D eigenvalue weighted by atomic mass is 16.5. The molecule has 0 amide bonds. The predicted molar refractivity (Wildman–Crippen MR) is 135 cm³/mol. The number of methoxy groups -OCH3 is 1. The van der Waals surface area contributed by atoms with Crippen molar-refractivity contribution in [2.24, 2.45) is 14.1 Å². The SMILES string of the molecule is COc1cccc(-c2cc(=O)n(C)c3ccc([C@](O)(c4ccc(C#N)cc4)c4cncn4C)cc23)n1. The average molecular weight is 478 g/mol. The lowest BCUT2D eigenvalue weighted by Gasteiger charge is -2.30. The average Bonchev–Trinajstić information content (AvgIpc) is 3.36. The van der Waals surface area contributed by atoms with E-state index in [4.69, 9.17) is 4.74 Å². The van der Waals surface area contributed by atoms with Crippen molar-refractivity contribution in [2.45, 2.75) is 5.60 Å². The maximum atomic E-state index is 12.8. The summed E-state index contributed by atoms with van der Waals surface area (Å²) < 4.78 is 8.61. The Bertz CT molecular complexity index is 1700. The van der Waals surface area contributed by atoms with Crippen molar-refractivity contribution >= 4 is 10.9 Å². The highest BCUT2D eigenvalue weighted by molar-refractivity contribution is 5.94. The summed E-state index contributed by atoms with van der Waals surface area (Å²) in [6, 6.07) is 21.3. The summed E-state index contributed by atoms with van der Waals surface area (Å²) in [5.41, 5.74) is 2.34. The van der Waals surface area contributed by atoms with Gasteiger partial charge in [-0.15, -0.1) is 0 Å². The van der Waals surface area contributed by atoms with Gasteiger partial charge in [-0.05, 0) is 41.5 Å². The van der Waals surface area contributed by atoms with Crippen LogP contribution in [-0.4, -0.2) is 31.3 Å². The summed E-state index contributed by atoms with van der Waals surface area (Å²) in [5.74, 6) is 0.432. The number of aliphatic hydroxyl groups is 1. The molecule has 0 saturated carbocycles. The summed E-state index contributed by atoms with van der Waals surface area (Å²) in [7, 11) is 5.06. The monoisotopic (exact) mass is 477 g/mol. The van der Waals surface area contributed by atoms with E-state index in [-0.39, 0.29) is 5.56 Å². The van der Waals surface area contributed by atoms with Gasteiger partial charge in [0.25, 0.3) is 5.56 Å². The van der Waals surface area contributed by atoms with Gasteiger partial charge in [-0.1, -0.05) is 24.3 Å². The number of rotatable bonds is 5. The van der Waals surface area contributed by atoms with E-state index in [1.165, 1.54) is 7.11 Å². The fraction of sp³-hybridized carbons (Fsp3) is 0.143. The molecule has 5 aromatic rings. The summed E-state index contributed by atoms with van der Waals surface area (Å²) in [6.07, 6.45) is 3.24. The van der Waals surface area contributed by atoms with Gasteiger partial charge in [-0.2, -0.15) is 5.26 Å². The van der Waals surface area contributed by atoms with Crippen LogP contribution < -0.4 is 10.3 Å². The number of nitrogens with zero attached hydrogens (tertiary/aromatic N) is 5. The number of aryl methyl sites for hydroxylation is 2. The minimum atomic E-state index is -1.58. The third-order valence-corrected chi connectivity index (χ3v) is 6.49. The summed E-state index contributed by atoms with van der Waals surface area (Å²) in [6.45, 7) is 0. The first-order chi connectivity index (χ1) is 17.4. The smallest absolute Gasteiger partial charge is 0.251 e. The molecule has 0 aliphatic rings. The first-order valence-electron chi connectivity index (χ1n) is 11.2. The molecule has 2 aromatic carbocycles. The number of imidazole rings is 1. The molecule has 0 unspecified atom stereocenters. The van der Waals surface area contributed by atoms with Crippen LogP contribution in [0.4, 0.5) is 0 Å². The Morgan fingerprint density at radius 3 is 2.44 bits per heavy atom. The molecule has 3 aromatic heterocycles. The largest absolute Gasteiger partial charge is 0.481 e. The Morgan fingerprint density at radius 2 is 1.78 bits per heavy atom. The van der Waals surface area contributed by atoms with Gasteiger partial charge in [0.05, 0.1) is 48.2 Å². The topological polar surface area (TPSA) is 106 Å². The van der Waals surface area contributed by atoms with E-state index >= 15 is 0 Å². The Kier molecular flexibility index (Phi) is 5.63. The van der Waals surface area contributed by atoms with Gasteiger partial charge in [0.2, 0.25) is 5.88 Å². The van der Waals surface area contributed by atoms with Crippen LogP contribution in [0.1, 0.15) is 22.4 Å². The molecule has 36 heavy (non-hydrogen) atoms. The van der Waals surface area contributed by atoms with E-state index in [0.717, 1.165) is 5.39 Å². The van der Waals surface area contributed by atoms with Crippen molar-refractivity contribution in [3.8, 4) is 23.2 Å². The van der Waals surface area contributed by atoms with Crippen molar-refractivity contribution in [1.82, 2.24) is 19.1 Å². The van der Waals surface area contributed by atoms with Crippen LogP contribution in [-0.2, 0) is 19.7 Å². The third kappa shape index (κ3) is 3.63. The van der Waals surface area contributed by atoms with E-state index in [2.05, 4.69) is 16.0 Å². The van der Waals surface area contributed by atoms with Crippen molar-refractivity contribution in [3.05, 3.63) is 112 Å². The zero-order chi connectivity index (χ0) is 25.4. The van der Waals surface area contributed by atoms with Crippen molar-refractivity contribution in [2.75, 3.05) is 7.11 Å². The number of ether oxygens (including phenoxy) is 1. The molecule has 1 N–H and O–H groups in total. The zero-order valence-electron chi connectivity index (χ0n) is 20.0. The lowest BCUT2D eigenvalue weighted by Crippen LogP contribution is -2.31. The van der Waals surface area contributed by atoms with Crippen LogP contribution in [0.5, 0.6) is 5.88 Å². The van der Waals surface area contributed by atoms with Crippen LogP contribution in [0, 0.1) is 11.3 Å². The first kappa shape index (κ1) is 23.0. The fourth-order valence-electron chi connectivity index (χ4n) is 4.53. The summed E-state index contributed by atoms with van der Waals surface area (Å²) in [5, 5.41) is 22.3. The zero-order valence-corrected chi connectivity index (χ0v) is 20.0. The highest BCUT2D eigenvalue weighted by Gasteiger charge is 2.37. The highest BCUT2D eigenvalue weighted by Crippen LogP contribution is 2.39. The Morgan fingerprint density at radius 1 is 1.03 bits per heavy atom. The molecule has 8 heteroatoms. The van der Waals surface area contributed by atoms with E-state index in [1.54, 1.807) is 71.2 Å². The van der Waals surface area contributed by atoms with Crippen LogP contribution >= 0.6 is 0 Å². The Hall–Kier alpha value is -4.74. The van der Waals surface area contributed by atoms with Gasteiger partial charge in [0, 0.05) is 37.2 Å². The fourth-order valence-corrected chi connectivity index (χ4v) is 4.53. The number of aromatic nitrogens is 4. The molecule has 0 radical (unpaired) electrons. The minimum absolute atomic E-state index is 0.177. The molecule has 3 heterocycles. The first-order valence-corrected chi connectivity index (χ1v) is 11.2. The van der Waals surface area contributed by atoms with E-state index < -0.39 is 5.60 Å². The molecular formula is C28H23N5O3. The second-order valence-corrected chi connectivity index (χ2v) is 8.54. The molecule has 0 spiro atoms. The Labute approximate surface area is 207 Å². The number of benzene rings is 2. The number of pyridine rings is 2. The third-order valence-electron chi connectivity index (χ3n) is 6.49. The van der Waals surface area contributed by atoms with Gasteiger partial charge in [-0.25, -0.2) is 9.97 Å². The van der Waals surface area contributed by atoms with E-state index in [0.29, 0.717) is 45.0 Å². The quantitative estimate of drug-likeness (QED) is 0.415. The standard InChI is InChI=1S/C28H23N5O3/c1-32-17-30-16-25(32)28(35,19-9-7-18(15-29)8-10-19)20-11-12-24-22(13-20)21(14-27(34)33(24)2)23-5-4-6-26(31-23)36-3/h4-14,16-17,35H,1-3H3/t28-/m1/s1. The molecule has 1 atom stereocenters. The summed E-state index contributed by atoms with van der Waals surface area (Å²) >= 11 is 0. The Balaban J connectivity index is 1.82. The molecule has 0 bridgehead atoms. The second-order valence-electron chi connectivity index (χ2n) is 8.54. The van der Waals surface area contributed by atoms with Crippen molar-refractivity contribution in [3.63, 3.8) is 0 Å². The van der Waals surface area contributed by atoms with E-state index in [1.807, 2.05) is 31.3 Å². The number of fused-ring (bicyclic) bond motifs is 1. The van der Waals surface area contributed by atoms with Gasteiger partial charge < -0.3 is 19.0 Å². The molecule has 0 saturated heterocycles. The lowest BCUT2D eigenvalue weighted by atomic mass is 9.82. The number of nitriles is 1. The van der Waals surface area contributed by atoms with Crippen LogP contribution in [0.25, 0.3) is 22.2 Å². The molecule has 0 fully saturated rings. The molecule has 178 valence electrons. The van der Waals surface area contributed by atoms with Crippen LogP contribution in [0.15, 0.2) is 84.0 Å². The maximum absolute atomic E-state index is 12.8. The van der Waals surface area contributed by atoms with Crippen LogP contribution in [0.2, 0.25) is 0 Å². The molecule has 5 rings (SSSR count). The minimum Gasteiger partial charge on any atom is -0.481 e. The molecule has 0 aliphatic heterocycles. The molecule has 8 nitrogen and oxygen atoms in total. The normalized spacial score (nSPS) is 12.8. The van der Waals surface area contributed by atoms with Crippen molar-refractivity contribution < 1.29 is 9.84 Å². The van der Waals surface area contributed by atoms with Crippen LogP contribution in [0.3, 0.4) is 0 Å². The predicted octanol–water partition coefficient (Wildman–Crippen LogP) is 3.50. The van der Waals surface area contributed by atoms with Gasteiger partial charge in [-0.3, -0.25) is 4.79 Å². The van der Waals surface area contributed by atoms with Crippen molar-refractivity contribution in [1.29, 1.82) is 5.26 Å². The lowest BCUT2D eigenvalue weighted by molar-refractivity contribution is 0.117.